The van der Waals surface area contributed by atoms with Gasteiger partial charge >= 0.3 is 0 Å². The van der Waals surface area contributed by atoms with E-state index < -0.39 is 15.9 Å². The number of carbonyl (C=O) groups is 1. The predicted molar refractivity (Wildman–Crippen MR) is 155 cm³/mol. The molecule has 0 atom stereocenters. The maximum atomic E-state index is 13.6. The van der Waals surface area contributed by atoms with Gasteiger partial charge < -0.3 is 0 Å². The van der Waals surface area contributed by atoms with Crippen LogP contribution in [0.2, 0.25) is 0 Å². The lowest BCUT2D eigenvalue weighted by atomic mass is 10.2. The molecule has 11 heteroatoms. The number of carbonyl (C=O) groups excluding carboxylic acids is 1. The van der Waals surface area contributed by atoms with Gasteiger partial charge in [-0.1, -0.05) is 51.5 Å². The Kier molecular flexibility index (Phi) is 7.20. The molecule has 5 rings (SSSR count). The summed E-state index contributed by atoms with van der Waals surface area (Å²) in [6.07, 6.45) is 1.61. The first-order valence-electron chi connectivity index (χ1n) is 10.9. The number of aromatic nitrogens is 1. The second kappa shape index (κ2) is 10.5. The van der Waals surface area contributed by atoms with E-state index in [1.807, 2.05) is 41.8 Å². The number of hydrogen-bond acceptors (Lipinski definition) is 7. The molecule has 0 N–H and O–H groups in total. The summed E-state index contributed by atoms with van der Waals surface area (Å²) in [5.41, 5.74) is 1.57. The minimum Gasteiger partial charge on any atom is -0.269 e. The van der Waals surface area contributed by atoms with E-state index in [1.165, 1.54) is 63.3 Å². The molecule has 0 radical (unpaired) electrons. The molecule has 186 valence electrons. The Balaban J connectivity index is 1.47. The summed E-state index contributed by atoms with van der Waals surface area (Å²) in [5, 5.41) is 8.03. The van der Waals surface area contributed by atoms with Crippen molar-refractivity contribution in [1.82, 2.24) is 4.98 Å². The van der Waals surface area contributed by atoms with Crippen LogP contribution >= 0.6 is 38.6 Å². The fourth-order valence-corrected chi connectivity index (χ4v) is 6.72. The summed E-state index contributed by atoms with van der Waals surface area (Å²) in [5.74, 6) is -0.425. The van der Waals surface area contributed by atoms with Crippen LogP contribution in [0.5, 0.6) is 0 Å². The Bertz CT molecular complexity index is 1680. The van der Waals surface area contributed by atoms with Crippen LogP contribution in [-0.4, -0.2) is 32.6 Å². The lowest BCUT2D eigenvalue weighted by molar-refractivity contribution is 0.0987. The smallest absolute Gasteiger partial charge is 0.269 e. The van der Waals surface area contributed by atoms with E-state index in [9.17, 15) is 13.2 Å². The molecule has 0 spiro atoms. The number of rotatable bonds is 7. The highest BCUT2D eigenvalue weighted by Gasteiger charge is 2.24. The van der Waals surface area contributed by atoms with Crippen molar-refractivity contribution in [3.05, 3.63) is 105 Å². The van der Waals surface area contributed by atoms with Gasteiger partial charge in [-0.2, -0.15) is 10.1 Å². The van der Waals surface area contributed by atoms with Crippen molar-refractivity contribution in [2.45, 2.75) is 4.90 Å². The van der Waals surface area contributed by atoms with E-state index in [1.54, 1.807) is 30.5 Å². The van der Waals surface area contributed by atoms with Crippen LogP contribution in [-0.2, 0) is 10.0 Å². The topological polar surface area (TPSA) is 82.9 Å². The van der Waals surface area contributed by atoms with Crippen molar-refractivity contribution < 1.29 is 13.2 Å². The third-order valence-electron chi connectivity index (χ3n) is 5.44. The van der Waals surface area contributed by atoms with E-state index in [0.29, 0.717) is 10.8 Å². The minimum atomic E-state index is -3.80. The van der Waals surface area contributed by atoms with E-state index in [2.05, 4.69) is 26.0 Å². The highest BCUT2D eigenvalue weighted by atomic mass is 79.9. The lowest BCUT2D eigenvalue weighted by Crippen LogP contribution is -2.27. The Morgan fingerprint density at radius 1 is 1.00 bits per heavy atom. The Morgan fingerprint density at radius 3 is 2.46 bits per heavy atom. The van der Waals surface area contributed by atoms with E-state index in [4.69, 9.17) is 0 Å². The molecule has 2 heterocycles. The summed E-state index contributed by atoms with van der Waals surface area (Å²) in [6, 6.07) is 24.1. The number of nitrogens with zero attached hydrogens (tertiary/aromatic N) is 4. The average molecular weight is 612 g/mol. The van der Waals surface area contributed by atoms with Crippen LogP contribution in [0.4, 0.5) is 10.8 Å². The highest BCUT2D eigenvalue weighted by molar-refractivity contribution is 9.10. The fourth-order valence-electron chi connectivity index (χ4n) is 3.47. The average Bonchev–Trinajstić information content (AvgIpc) is 3.58. The van der Waals surface area contributed by atoms with E-state index in [0.717, 1.165) is 19.6 Å². The maximum Gasteiger partial charge on any atom is 0.280 e. The van der Waals surface area contributed by atoms with Gasteiger partial charge in [0.05, 0.1) is 27.0 Å². The fraction of sp³-hybridized carbons (Fsp3) is 0.0385. The summed E-state index contributed by atoms with van der Waals surface area (Å²) in [7, 11) is -2.31. The number of anilines is 2. The molecular formula is C26H19BrN4O3S3. The Morgan fingerprint density at radius 2 is 1.76 bits per heavy atom. The largest absolute Gasteiger partial charge is 0.280 e. The first kappa shape index (κ1) is 25.3. The molecular weight excluding hydrogens is 592 g/mol. The monoisotopic (exact) mass is 610 g/mol. The molecule has 0 aliphatic carbocycles. The Hall–Kier alpha value is -3.38. The Labute approximate surface area is 230 Å². The van der Waals surface area contributed by atoms with Gasteiger partial charge in [0.2, 0.25) is 5.13 Å². The minimum absolute atomic E-state index is 0.0777. The van der Waals surface area contributed by atoms with Crippen LogP contribution in [0, 0.1) is 0 Å². The molecule has 0 unspecified atom stereocenters. The van der Waals surface area contributed by atoms with Gasteiger partial charge in [0, 0.05) is 22.0 Å². The van der Waals surface area contributed by atoms with Crippen molar-refractivity contribution >= 4 is 81.8 Å². The predicted octanol–water partition coefficient (Wildman–Crippen LogP) is 6.63. The zero-order valence-electron chi connectivity index (χ0n) is 19.4. The van der Waals surface area contributed by atoms with Crippen LogP contribution in [0.1, 0.15) is 15.2 Å². The molecule has 0 aliphatic heterocycles. The van der Waals surface area contributed by atoms with Gasteiger partial charge in [0.1, 0.15) is 0 Å². The maximum absolute atomic E-state index is 13.6. The van der Waals surface area contributed by atoms with E-state index >= 15 is 0 Å². The SMILES string of the molecule is CN(c1ccccc1)S(=O)(=O)c1ccc(C(=O)N(/N=C/c2cccs2)c2nc3ccc(Br)cc3s2)cc1. The first-order chi connectivity index (χ1) is 17.8. The number of sulfonamides is 1. The summed E-state index contributed by atoms with van der Waals surface area (Å²) >= 11 is 6.30. The van der Waals surface area contributed by atoms with Crippen molar-refractivity contribution in [2.24, 2.45) is 5.10 Å². The lowest BCUT2D eigenvalue weighted by Gasteiger charge is -2.19. The van der Waals surface area contributed by atoms with Gasteiger partial charge in [0.15, 0.2) is 0 Å². The van der Waals surface area contributed by atoms with E-state index in [-0.39, 0.29) is 10.5 Å². The number of halogens is 1. The molecule has 0 saturated carbocycles. The highest BCUT2D eigenvalue weighted by Crippen LogP contribution is 2.32. The van der Waals surface area contributed by atoms with Crippen LogP contribution in [0.15, 0.2) is 105 Å². The number of thiophene rings is 1. The summed E-state index contributed by atoms with van der Waals surface area (Å²) in [4.78, 5) is 19.1. The van der Waals surface area contributed by atoms with Crippen molar-refractivity contribution in [2.75, 3.05) is 16.4 Å². The van der Waals surface area contributed by atoms with Gasteiger partial charge in [-0.25, -0.2) is 13.4 Å². The molecule has 0 saturated heterocycles. The molecule has 5 aromatic rings. The molecule has 3 aromatic carbocycles. The summed E-state index contributed by atoms with van der Waals surface area (Å²) < 4.78 is 29.3. The second-order valence-electron chi connectivity index (χ2n) is 7.82. The van der Waals surface area contributed by atoms with Crippen molar-refractivity contribution in [3.63, 3.8) is 0 Å². The molecule has 0 aliphatic rings. The quantitative estimate of drug-likeness (QED) is 0.153. The van der Waals surface area contributed by atoms with Crippen molar-refractivity contribution in [1.29, 1.82) is 0 Å². The normalized spacial score (nSPS) is 11.7. The number of amides is 1. The number of para-hydroxylation sites is 1. The second-order valence-corrected chi connectivity index (χ2v) is 12.7. The molecule has 1 amide bonds. The molecule has 37 heavy (non-hydrogen) atoms. The van der Waals surface area contributed by atoms with Crippen LogP contribution < -0.4 is 9.31 Å². The zero-order valence-corrected chi connectivity index (χ0v) is 23.4. The molecule has 7 nitrogen and oxygen atoms in total. The number of fused-ring (bicyclic) bond motifs is 1. The van der Waals surface area contributed by atoms with Gasteiger partial charge in [0.25, 0.3) is 15.9 Å². The third kappa shape index (κ3) is 5.35. The van der Waals surface area contributed by atoms with Crippen LogP contribution in [0.3, 0.4) is 0 Å². The van der Waals surface area contributed by atoms with Gasteiger partial charge in [-0.15, -0.1) is 11.3 Å². The molecule has 0 fully saturated rings. The van der Waals surface area contributed by atoms with Gasteiger partial charge in [-0.3, -0.25) is 9.10 Å². The third-order valence-corrected chi connectivity index (χ3v) is 9.53. The number of benzene rings is 3. The molecule has 2 aromatic heterocycles. The van der Waals surface area contributed by atoms with Gasteiger partial charge in [-0.05, 0) is 66.0 Å². The standard InChI is InChI=1S/C26H19BrN4O3S3/c1-30(20-6-3-2-4-7-20)37(33,34)22-12-9-18(10-13-22)25(32)31(28-17-21-8-5-15-35-21)26-29-23-14-11-19(27)16-24(23)36-26/h2-17H,1H3/b28-17+. The number of hydrazone groups is 1. The first-order valence-corrected chi connectivity index (χ1v) is 14.9. The number of thiazole rings is 1. The number of hydrogen-bond donors (Lipinski definition) is 0. The van der Waals surface area contributed by atoms with Crippen molar-refractivity contribution in [3.8, 4) is 0 Å². The van der Waals surface area contributed by atoms with Crippen LogP contribution in [0.25, 0.3) is 10.2 Å². The summed E-state index contributed by atoms with van der Waals surface area (Å²) in [6.45, 7) is 0. The molecule has 0 bridgehead atoms. The zero-order chi connectivity index (χ0) is 26.0.